The molecule has 1 aliphatic rings. The maximum atomic E-state index is 4.21. The highest BCUT2D eigenvalue weighted by Crippen LogP contribution is 2.09. The van der Waals surface area contributed by atoms with Crippen molar-refractivity contribution in [2.75, 3.05) is 25.0 Å². The number of nitrogens with one attached hydrogen (secondary N) is 1. The van der Waals surface area contributed by atoms with Crippen LogP contribution in [0.2, 0.25) is 0 Å². The van der Waals surface area contributed by atoms with Gasteiger partial charge in [-0.15, -0.1) is 0 Å². The Morgan fingerprint density at radius 2 is 2.29 bits per heavy atom. The van der Waals surface area contributed by atoms with Crippen molar-refractivity contribution in [3.05, 3.63) is 18.5 Å². The second-order valence-corrected chi connectivity index (χ2v) is 3.72. The van der Waals surface area contributed by atoms with Crippen LogP contribution in [0.25, 0.3) is 0 Å². The minimum atomic E-state index is 0.601. The van der Waals surface area contributed by atoms with E-state index in [1.54, 1.807) is 12.4 Å². The highest BCUT2D eigenvalue weighted by atomic mass is 15.2. The average molecular weight is 192 g/mol. The molecule has 76 valence electrons. The van der Waals surface area contributed by atoms with E-state index in [2.05, 4.69) is 20.2 Å². The van der Waals surface area contributed by atoms with Crippen molar-refractivity contribution in [2.24, 2.45) is 0 Å². The highest BCUT2D eigenvalue weighted by Gasteiger charge is 2.16. The van der Waals surface area contributed by atoms with Gasteiger partial charge in [0.05, 0.1) is 0 Å². The fourth-order valence-corrected chi connectivity index (χ4v) is 1.81. The number of hydrogen-bond donors (Lipinski definition) is 1. The molecule has 14 heavy (non-hydrogen) atoms. The van der Waals surface area contributed by atoms with E-state index in [9.17, 15) is 0 Å². The van der Waals surface area contributed by atoms with Gasteiger partial charge in [0.2, 0.25) is 5.95 Å². The van der Waals surface area contributed by atoms with Gasteiger partial charge in [0.15, 0.2) is 0 Å². The Bertz CT molecular complexity index is 269. The van der Waals surface area contributed by atoms with Crippen molar-refractivity contribution >= 4 is 5.95 Å². The van der Waals surface area contributed by atoms with Crippen LogP contribution < -0.4 is 10.2 Å². The van der Waals surface area contributed by atoms with Crippen LogP contribution in [0.4, 0.5) is 5.95 Å². The molecule has 0 amide bonds. The number of rotatable bonds is 3. The fraction of sp³-hybridized carbons (Fsp3) is 0.600. The van der Waals surface area contributed by atoms with Crippen LogP contribution in [0.15, 0.2) is 18.5 Å². The quantitative estimate of drug-likeness (QED) is 0.764. The summed E-state index contributed by atoms with van der Waals surface area (Å²) >= 11 is 0. The first-order chi connectivity index (χ1) is 6.86. The molecule has 1 saturated heterocycles. The molecule has 1 N–H and O–H groups in total. The topological polar surface area (TPSA) is 41.0 Å². The molecule has 1 aromatic heterocycles. The van der Waals surface area contributed by atoms with E-state index in [0.717, 1.165) is 19.0 Å². The van der Waals surface area contributed by atoms with Crippen LogP contribution >= 0.6 is 0 Å². The van der Waals surface area contributed by atoms with E-state index >= 15 is 0 Å². The van der Waals surface area contributed by atoms with Crippen molar-refractivity contribution in [1.29, 1.82) is 0 Å². The number of anilines is 1. The third-order valence-electron chi connectivity index (χ3n) is 2.55. The zero-order valence-corrected chi connectivity index (χ0v) is 8.48. The third-order valence-corrected chi connectivity index (χ3v) is 2.55. The van der Waals surface area contributed by atoms with Crippen molar-refractivity contribution in [3.63, 3.8) is 0 Å². The largest absolute Gasteiger partial charge is 0.342 e. The van der Waals surface area contributed by atoms with Gasteiger partial charge < -0.3 is 10.2 Å². The molecule has 1 aromatic rings. The van der Waals surface area contributed by atoms with Crippen LogP contribution in [-0.4, -0.2) is 36.1 Å². The van der Waals surface area contributed by atoms with Crippen molar-refractivity contribution in [1.82, 2.24) is 15.3 Å². The molecule has 0 spiro atoms. The molecule has 0 bridgehead atoms. The number of aromatic nitrogens is 2. The summed E-state index contributed by atoms with van der Waals surface area (Å²) in [6.45, 7) is 2.14. The highest BCUT2D eigenvalue weighted by molar-refractivity contribution is 5.26. The minimum absolute atomic E-state index is 0.601. The lowest BCUT2D eigenvalue weighted by molar-refractivity contribution is 0.594. The molecule has 2 rings (SSSR count). The molecule has 0 radical (unpaired) electrons. The van der Waals surface area contributed by atoms with E-state index in [0.29, 0.717) is 6.04 Å². The van der Waals surface area contributed by atoms with Gasteiger partial charge in [-0.25, -0.2) is 9.97 Å². The Morgan fingerprint density at radius 1 is 1.50 bits per heavy atom. The molecule has 1 atom stereocenters. The Kier molecular flexibility index (Phi) is 2.93. The smallest absolute Gasteiger partial charge is 0.225 e. The summed E-state index contributed by atoms with van der Waals surface area (Å²) in [5, 5.41) is 3.46. The average Bonchev–Trinajstić information content (AvgIpc) is 2.72. The van der Waals surface area contributed by atoms with Gasteiger partial charge in [0.25, 0.3) is 0 Å². The normalized spacial score (nSPS) is 21.1. The summed E-state index contributed by atoms with van der Waals surface area (Å²) in [5.74, 6) is 0.807. The van der Waals surface area contributed by atoms with Gasteiger partial charge in [-0.2, -0.15) is 0 Å². The van der Waals surface area contributed by atoms with Crippen LogP contribution in [0.3, 0.4) is 0 Å². The summed E-state index contributed by atoms with van der Waals surface area (Å²) in [7, 11) is 2.04. The molecular weight excluding hydrogens is 176 g/mol. The van der Waals surface area contributed by atoms with Crippen molar-refractivity contribution in [3.8, 4) is 0 Å². The van der Waals surface area contributed by atoms with Gasteiger partial charge in [-0.05, 0) is 25.5 Å². The summed E-state index contributed by atoms with van der Waals surface area (Å²) in [5.41, 5.74) is 0. The number of likely N-dealkylation sites (N-methyl/N-ethyl adjacent to an activating group) is 1. The Hall–Kier alpha value is -1.16. The SMILES string of the molecule is CN(CC1CCCN1)c1ncccn1. The first-order valence-corrected chi connectivity index (χ1v) is 5.08. The molecule has 4 heteroatoms. The lowest BCUT2D eigenvalue weighted by atomic mass is 10.2. The zero-order chi connectivity index (χ0) is 9.80. The van der Waals surface area contributed by atoms with Crippen molar-refractivity contribution in [2.45, 2.75) is 18.9 Å². The zero-order valence-electron chi connectivity index (χ0n) is 8.48. The van der Waals surface area contributed by atoms with E-state index in [1.807, 2.05) is 13.1 Å². The Balaban J connectivity index is 1.92. The van der Waals surface area contributed by atoms with Gasteiger partial charge >= 0.3 is 0 Å². The Labute approximate surface area is 84.4 Å². The van der Waals surface area contributed by atoms with E-state index in [4.69, 9.17) is 0 Å². The summed E-state index contributed by atoms with van der Waals surface area (Å²) in [4.78, 5) is 10.5. The molecule has 2 heterocycles. The molecule has 0 aliphatic carbocycles. The summed E-state index contributed by atoms with van der Waals surface area (Å²) < 4.78 is 0. The minimum Gasteiger partial charge on any atom is -0.342 e. The Morgan fingerprint density at radius 3 is 2.93 bits per heavy atom. The lowest BCUT2D eigenvalue weighted by Crippen LogP contribution is -2.36. The summed E-state index contributed by atoms with van der Waals surface area (Å²) in [6.07, 6.45) is 6.10. The molecule has 0 aromatic carbocycles. The molecule has 1 unspecified atom stereocenters. The predicted octanol–water partition coefficient (Wildman–Crippen LogP) is 0.665. The molecule has 1 aliphatic heterocycles. The first-order valence-electron chi connectivity index (χ1n) is 5.08. The van der Waals surface area contributed by atoms with Gasteiger partial charge in [-0.1, -0.05) is 0 Å². The predicted molar refractivity (Wildman–Crippen MR) is 56.3 cm³/mol. The molecule has 0 saturated carbocycles. The molecular formula is C10H16N4. The van der Waals surface area contributed by atoms with E-state index in [1.165, 1.54) is 12.8 Å². The van der Waals surface area contributed by atoms with Crippen LogP contribution in [0.1, 0.15) is 12.8 Å². The lowest BCUT2D eigenvalue weighted by Gasteiger charge is -2.20. The van der Waals surface area contributed by atoms with Gasteiger partial charge in [0.1, 0.15) is 0 Å². The molecule has 1 fully saturated rings. The van der Waals surface area contributed by atoms with Crippen LogP contribution in [-0.2, 0) is 0 Å². The van der Waals surface area contributed by atoms with E-state index in [-0.39, 0.29) is 0 Å². The van der Waals surface area contributed by atoms with Crippen LogP contribution in [0.5, 0.6) is 0 Å². The standard InChI is InChI=1S/C10H16N4/c1-14(8-9-4-2-5-11-9)10-12-6-3-7-13-10/h3,6-7,9,11H,2,4-5,8H2,1H3. The number of hydrogen-bond acceptors (Lipinski definition) is 4. The fourth-order valence-electron chi connectivity index (χ4n) is 1.81. The monoisotopic (exact) mass is 192 g/mol. The van der Waals surface area contributed by atoms with Gasteiger partial charge in [0, 0.05) is 32.0 Å². The molecule has 4 nitrogen and oxygen atoms in total. The maximum Gasteiger partial charge on any atom is 0.225 e. The number of nitrogens with zero attached hydrogens (tertiary/aromatic N) is 3. The van der Waals surface area contributed by atoms with Crippen LogP contribution in [0, 0.1) is 0 Å². The van der Waals surface area contributed by atoms with Gasteiger partial charge in [-0.3, -0.25) is 0 Å². The second-order valence-electron chi connectivity index (χ2n) is 3.72. The first kappa shape index (κ1) is 9.40. The van der Waals surface area contributed by atoms with E-state index < -0.39 is 0 Å². The second kappa shape index (κ2) is 4.37. The van der Waals surface area contributed by atoms with Crippen molar-refractivity contribution < 1.29 is 0 Å². The maximum absolute atomic E-state index is 4.21. The third kappa shape index (κ3) is 2.20. The summed E-state index contributed by atoms with van der Waals surface area (Å²) in [6, 6.07) is 2.44.